The highest BCUT2D eigenvalue weighted by Gasteiger charge is 2.16. The summed E-state index contributed by atoms with van der Waals surface area (Å²) < 4.78 is 4.31. The van der Waals surface area contributed by atoms with Gasteiger partial charge in [-0.1, -0.05) is 58.9 Å². The fourth-order valence-corrected chi connectivity index (χ4v) is 2.03. The standard InChI is InChI=1S/C15H25NO3.C3H6O.C2H6/c1-5-8-12(11-14(17)18)9-10-16(4)15(19)13(6-2)7-3;1-3-4-2;1-2/h6-7,12H,2,5,8-11H2,1,3-4H3,(H,17,18);3H,1H2,2H3;1-2H3/b13-7+;;. The summed E-state index contributed by atoms with van der Waals surface area (Å²) in [5.74, 6) is -0.703. The number of aliphatic carboxylic acids is 1. The van der Waals surface area contributed by atoms with Gasteiger partial charge in [-0.2, -0.15) is 0 Å². The number of carboxylic acids is 1. The molecule has 0 aromatic carbocycles. The van der Waals surface area contributed by atoms with Gasteiger partial charge in [0.2, 0.25) is 0 Å². The zero-order valence-electron chi connectivity index (χ0n) is 16.9. The lowest BCUT2D eigenvalue weighted by atomic mass is 9.96. The van der Waals surface area contributed by atoms with Crippen molar-refractivity contribution in [2.45, 2.75) is 53.4 Å². The number of carboxylic acid groups (broad SMARTS) is 1. The Hall–Kier alpha value is -2.04. The number of hydrogen-bond acceptors (Lipinski definition) is 3. The van der Waals surface area contributed by atoms with Gasteiger partial charge in [-0.3, -0.25) is 9.59 Å². The van der Waals surface area contributed by atoms with Gasteiger partial charge < -0.3 is 14.7 Å². The first-order chi connectivity index (χ1) is 11.9. The van der Waals surface area contributed by atoms with E-state index < -0.39 is 5.97 Å². The molecule has 0 radical (unpaired) electrons. The summed E-state index contributed by atoms with van der Waals surface area (Å²) in [6.45, 7) is 15.3. The lowest BCUT2D eigenvalue weighted by molar-refractivity contribution is -0.138. The molecule has 0 aromatic rings. The number of ether oxygens (including phenoxy) is 1. The third-order valence-corrected chi connectivity index (χ3v) is 3.32. The number of carbonyl (C=O) groups is 2. The number of allylic oxidation sites excluding steroid dienone is 1. The molecule has 5 heteroatoms. The SMILES string of the molecule is C=C/C(=C\C)C(=O)N(C)CCC(CCC)CC(=O)O.C=COC.CC. The van der Waals surface area contributed by atoms with Crippen molar-refractivity contribution in [1.82, 2.24) is 4.90 Å². The zero-order chi connectivity index (χ0) is 20.3. The van der Waals surface area contributed by atoms with Crippen LogP contribution < -0.4 is 0 Å². The first-order valence-corrected chi connectivity index (χ1v) is 8.77. The molecule has 0 aliphatic carbocycles. The number of likely N-dealkylation sites (N-methyl/N-ethyl adjacent to an activating group) is 1. The lowest BCUT2D eigenvalue weighted by Gasteiger charge is -2.21. The van der Waals surface area contributed by atoms with Crippen molar-refractivity contribution in [2.24, 2.45) is 5.92 Å². The minimum Gasteiger partial charge on any atom is -0.505 e. The molecule has 1 unspecified atom stereocenters. The molecule has 25 heavy (non-hydrogen) atoms. The number of rotatable bonds is 10. The van der Waals surface area contributed by atoms with Crippen molar-refractivity contribution in [3.8, 4) is 0 Å². The van der Waals surface area contributed by atoms with Crippen LogP contribution in [-0.2, 0) is 14.3 Å². The molecular formula is C20H37NO4. The van der Waals surface area contributed by atoms with E-state index in [9.17, 15) is 9.59 Å². The van der Waals surface area contributed by atoms with Crippen LogP contribution >= 0.6 is 0 Å². The molecule has 1 atom stereocenters. The summed E-state index contributed by atoms with van der Waals surface area (Å²) in [6, 6.07) is 0. The predicted molar refractivity (Wildman–Crippen MR) is 105 cm³/mol. The van der Waals surface area contributed by atoms with E-state index in [1.807, 2.05) is 20.8 Å². The van der Waals surface area contributed by atoms with Gasteiger partial charge in [-0.25, -0.2) is 0 Å². The van der Waals surface area contributed by atoms with E-state index in [2.05, 4.69) is 17.9 Å². The highest BCUT2D eigenvalue weighted by atomic mass is 16.5. The number of nitrogens with zero attached hydrogens (tertiary/aromatic N) is 1. The number of hydrogen-bond donors (Lipinski definition) is 1. The van der Waals surface area contributed by atoms with Gasteiger partial charge >= 0.3 is 5.97 Å². The Morgan fingerprint density at radius 2 is 1.76 bits per heavy atom. The van der Waals surface area contributed by atoms with Crippen molar-refractivity contribution in [3.05, 3.63) is 37.1 Å². The second kappa shape index (κ2) is 20.0. The Kier molecular flexibility index (Phi) is 22.2. The molecule has 1 N–H and O–H groups in total. The minimum atomic E-state index is -0.771. The number of amides is 1. The molecule has 0 aliphatic heterocycles. The molecule has 146 valence electrons. The second-order valence-corrected chi connectivity index (χ2v) is 5.12. The summed E-state index contributed by atoms with van der Waals surface area (Å²) in [6.07, 6.45) is 7.38. The van der Waals surface area contributed by atoms with Gasteiger partial charge in [-0.05, 0) is 19.3 Å². The summed E-state index contributed by atoms with van der Waals surface area (Å²) >= 11 is 0. The molecule has 5 nitrogen and oxygen atoms in total. The largest absolute Gasteiger partial charge is 0.505 e. The van der Waals surface area contributed by atoms with Crippen LogP contribution in [0.4, 0.5) is 0 Å². The summed E-state index contributed by atoms with van der Waals surface area (Å²) in [7, 11) is 3.30. The molecule has 0 spiro atoms. The van der Waals surface area contributed by atoms with Gasteiger partial charge in [0.05, 0.1) is 13.4 Å². The summed E-state index contributed by atoms with van der Waals surface area (Å²) in [4.78, 5) is 24.4. The molecule has 1 amide bonds. The van der Waals surface area contributed by atoms with Crippen molar-refractivity contribution in [3.63, 3.8) is 0 Å². The highest BCUT2D eigenvalue weighted by Crippen LogP contribution is 2.16. The average Bonchev–Trinajstić information content (AvgIpc) is 2.62. The molecule has 0 aliphatic rings. The normalized spacial score (nSPS) is 10.9. The molecule has 0 heterocycles. The van der Waals surface area contributed by atoms with Crippen molar-refractivity contribution in [2.75, 3.05) is 20.7 Å². The van der Waals surface area contributed by atoms with Gasteiger partial charge in [0.25, 0.3) is 5.91 Å². The van der Waals surface area contributed by atoms with Gasteiger partial charge in [0.15, 0.2) is 0 Å². The van der Waals surface area contributed by atoms with E-state index in [0.29, 0.717) is 12.1 Å². The highest BCUT2D eigenvalue weighted by molar-refractivity contribution is 5.95. The van der Waals surface area contributed by atoms with Crippen molar-refractivity contribution < 1.29 is 19.4 Å². The fraction of sp³-hybridized carbons (Fsp3) is 0.600. The van der Waals surface area contributed by atoms with E-state index >= 15 is 0 Å². The molecule has 0 fully saturated rings. The molecule has 0 rings (SSSR count). The van der Waals surface area contributed by atoms with Crippen LogP contribution in [0.2, 0.25) is 0 Å². The smallest absolute Gasteiger partial charge is 0.303 e. The Morgan fingerprint density at radius 1 is 1.24 bits per heavy atom. The van der Waals surface area contributed by atoms with E-state index in [-0.39, 0.29) is 18.2 Å². The van der Waals surface area contributed by atoms with Crippen molar-refractivity contribution >= 4 is 11.9 Å². The van der Waals surface area contributed by atoms with Crippen LogP contribution in [0.3, 0.4) is 0 Å². The Bertz CT molecular complexity index is 403. The molecule has 0 saturated carbocycles. The Balaban J connectivity index is -0.000000701. The monoisotopic (exact) mass is 355 g/mol. The van der Waals surface area contributed by atoms with E-state index in [4.69, 9.17) is 5.11 Å². The van der Waals surface area contributed by atoms with E-state index in [1.165, 1.54) is 6.26 Å². The first kappa shape index (κ1) is 27.8. The zero-order valence-corrected chi connectivity index (χ0v) is 16.9. The third-order valence-electron chi connectivity index (χ3n) is 3.32. The quantitative estimate of drug-likeness (QED) is 0.351. The van der Waals surface area contributed by atoms with E-state index in [0.717, 1.165) is 19.3 Å². The number of carbonyl (C=O) groups excluding carboxylic acids is 1. The molecule has 0 saturated heterocycles. The van der Waals surface area contributed by atoms with Gasteiger partial charge in [0.1, 0.15) is 0 Å². The first-order valence-electron chi connectivity index (χ1n) is 8.77. The lowest BCUT2D eigenvalue weighted by Crippen LogP contribution is -2.30. The fourth-order valence-electron chi connectivity index (χ4n) is 2.03. The Labute approximate surface area is 154 Å². The molecule has 0 aromatic heterocycles. The maximum atomic E-state index is 12.0. The molecular weight excluding hydrogens is 318 g/mol. The van der Waals surface area contributed by atoms with Crippen molar-refractivity contribution in [1.29, 1.82) is 0 Å². The predicted octanol–water partition coefficient (Wildman–Crippen LogP) is 4.66. The van der Waals surface area contributed by atoms with E-state index in [1.54, 1.807) is 38.1 Å². The third kappa shape index (κ3) is 16.6. The minimum absolute atomic E-state index is 0.0666. The van der Waals surface area contributed by atoms with Gasteiger partial charge in [0, 0.05) is 25.6 Å². The average molecular weight is 356 g/mol. The van der Waals surface area contributed by atoms with Crippen LogP contribution in [-0.4, -0.2) is 42.6 Å². The van der Waals surface area contributed by atoms with Crippen LogP contribution in [0.15, 0.2) is 37.1 Å². The maximum Gasteiger partial charge on any atom is 0.303 e. The maximum absolute atomic E-state index is 12.0. The molecule has 0 bridgehead atoms. The van der Waals surface area contributed by atoms with Crippen LogP contribution in [0.1, 0.15) is 53.4 Å². The second-order valence-electron chi connectivity index (χ2n) is 5.12. The summed E-state index contributed by atoms with van der Waals surface area (Å²) in [5, 5.41) is 8.85. The van der Waals surface area contributed by atoms with Crippen LogP contribution in [0, 0.1) is 5.92 Å². The topological polar surface area (TPSA) is 66.8 Å². The van der Waals surface area contributed by atoms with Gasteiger partial charge in [-0.15, -0.1) is 0 Å². The number of methoxy groups -OCH3 is 1. The Morgan fingerprint density at radius 3 is 2.08 bits per heavy atom. The van der Waals surface area contributed by atoms with Crippen LogP contribution in [0.25, 0.3) is 0 Å². The van der Waals surface area contributed by atoms with Crippen LogP contribution in [0.5, 0.6) is 0 Å². The summed E-state index contributed by atoms with van der Waals surface area (Å²) in [5.41, 5.74) is 0.577.